The van der Waals surface area contributed by atoms with Gasteiger partial charge in [0.05, 0.1) is 24.6 Å². The zero-order valence-electron chi connectivity index (χ0n) is 14.0. The molecular formula is C18H15ClN2O4S. The van der Waals surface area contributed by atoms with Crippen LogP contribution in [0.15, 0.2) is 35.7 Å². The molecule has 6 nitrogen and oxygen atoms in total. The van der Waals surface area contributed by atoms with E-state index in [1.807, 2.05) is 11.4 Å². The number of ether oxygens (including phenoxy) is 2. The number of nitrogens with one attached hydrogen (secondary N) is 1. The van der Waals surface area contributed by atoms with Gasteiger partial charge in [-0.05, 0) is 35.2 Å². The fourth-order valence-electron chi connectivity index (χ4n) is 2.52. The van der Waals surface area contributed by atoms with Gasteiger partial charge >= 0.3 is 5.97 Å². The Morgan fingerprint density at radius 2 is 2.08 bits per heavy atom. The van der Waals surface area contributed by atoms with Gasteiger partial charge in [-0.15, -0.1) is 11.3 Å². The van der Waals surface area contributed by atoms with E-state index in [2.05, 4.69) is 10.3 Å². The summed E-state index contributed by atoms with van der Waals surface area (Å²) in [6.07, 6.45) is 0. The minimum Gasteiger partial charge on any atom is -0.480 e. The quantitative estimate of drug-likeness (QED) is 0.672. The maximum atomic E-state index is 12.2. The van der Waals surface area contributed by atoms with Gasteiger partial charge in [-0.2, -0.15) is 0 Å². The number of aromatic nitrogens is 1. The van der Waals surface area contributed by atoms with Crippen LogP contribution in [0.2, 0.25) is 5.02 Å². The minimum atomic E-state index is -0.552. The fraction of sp³-hybridized carbons (Fsp3) is 0.167. The second-order valence-corrected chi connectivity index (χ2v) is 6.72. The third kappa shape index (κ3) is 3.63. The summed E-state index contributed by atoms with van der Waals surface area (Å²) in [6.45, 7) is 0.238. The Hall–Kier alpha value is -2.64. The number of fused-ring (bicyclic) bond motifs is 1. The zero-order chi connectivity index (χ0) is 18.7. The number of hydrogen-bond donors (Lipinski definition) is 1. The molecular weight excluding hydrogens is 376 g/mol. The van der Waals surface area contributed by atoms with Crippen molar-refractivity contribution in [2.75, 3.05) is 14.2 Å². The van der Waals surface area contributed by atoms with Gasteiger partial charge in [-0.25, -0.2) is 9.78 Å². The van der Waals surface area contributed by atoms with E-state index in [0.29, 0.717) is 26.4 Å². The molecule has 1 amide bonds. The average Bonchev–Trinajstić information content (AvgIpc) is 3.18. The number of benzene rings is 1. The van der Waals surface area contributed by atoms with Gasteiger partial charge < -0.3 is 14.8 Å². The lowest BCUT2D eigenvalue weighted by atomic mass is 10.1. The number of thiophene rings is 1. The van der Waals surface area contributed by atoms with Crippen LogP contribution >= 0.6 is 22.9 Å². The Bertz CT molecular complexity index is 973. The van der Waals surface area contributed by atoms with E-state index < -0.39 is 5.97 Å². The highest BCUT2D eigenvalue weighted by Crippen LogP contribution is 2.28. The van der Waals surface area contributed by atoms with Gasteiger partial charge in [0, 0.05) is 17.0 Å². The number of rotatable bonds is 5. The molecule has 3 aromatic rings. The lowest BCUT2D eigenvalue weighted by Gasteiger charge is -2.12. The first-order valence-corrected chi connectivity index (χ1v) is 8.86. The fourth-order valence-corrected chi connectivity index (χ4v) is 3.41. The maximum absolute atomic E-state index is 12.2. The molecule has 26 heavy (non-hydrogen) atoms. The monoisotopic (exact) mass is 390 g/mol. The first-order chi connectivity index (χ1) is 12.5. The summed E-state index contributed by atoms with van der Waals surface area (Å²) in [6, 6.07) is 8.60. The number of carbonyl (C=O) groups excluding carboxylic acids is 2. The van der Waals surface area contributed by atoms with Crippen LogP contribution in [-0.2, 0) is 11.3 Å². The normalized spacial score (nSPS) is 10.6. The third-order valence-electron chi connectivity index (χ3n) is 3.71. The summed E-state index contributed by atoms with van der Waals surface area (Å²) in [5, 5.41) is 5.81. The number of pyridine rings is 1. The van der Waals surface area contributed by atoms with Crippen LogP contribution in [0.4, 0.5) is 0 Å². The molecule has 134 valence electrons. The summed E-state index contributed by atoms with van der Waals surface area (Å²) in [5.41, 5.74) is 1.51. The van der Waals surface area contributed by atoms with E-state index in [4.69, 9.17) is 21.1 Å². The molecule has 3 rings (SSSR count). The van der Waals surface area contributed by atoms with Crippen LogP contribution in [0, 0.1) is 0 Å². The summed E-state index contributed by atoms with van der Waals surface area (Å²) in [7, 11) is 2.71. The molecule has 1 N–H and O–H groups in total. The second-order valence-electron chi connectivity index (χ2n) is 5.33. The summed E-state index contributed by atoms with van der Waals surface area (Å²) >= 11 is 7.55. The van der Waals surface area contributed by atoms with Crippen LogP contribution in [0.3, 0.4) is 0 Å². The van der Waals surface area contributed by atoms with Gasteiger partial charge in [0.1, 0.15) is 5.56 Å². The SMILES string of the molecule is COC(=O)c1cc2cc(Cl)cc(CNC(=O)c3cccs3)c2nc1OC. The van der Waals surface area contributed by atoms with E-state index in [-0.39, 0.29) is 23.9 Å². The predicted molar refractivity (Wildman–Crippen MR) is 100 cm³/mol. The van der Waals surface area contributed by atoms with Crippen molar-refractivity contribution in [2.45, 2.75) is 6.54 Å². The Kier molecular flexibility index (Phi) is 5.39. The average molecular weight is 391 g/mol. The van der Waals surface area contributed by atoms with Gasteiger partial charge in [-0.1, -0.05) is 17.7 Å². The lowest BCUT2D eigenvalue weighted by molar-refractivity contribution is 0.0596. The van der Waals surface area contributed by atoms with Gasteiger partial charge in [-0.3, -0.25) is 4.79 Å². The van der Waals surface area contributed by atoms with E-state index in [0.717, 1.165) is 0 Å². The Morgan fingerprint density at radius 1 is 1.27 bits per heavy atom. The van der Waals surface area contributed by atoms with Crippen LogP contribution in [-0.4, -0.2) is 31.1 Å². The number of nitrogens with zero attached hydrogens (tertiary/aromatic N) is 1. The molecule has 0 bridgehead atoms. The molecule has 2 aromatic heterocycles. The molecule has 0 unspecified atom stereocenters. The molecule has 0 aliphatic carbocycles. The summed E-state index contributed by atoms with van der Waals surface area (Å²) < 4.78 is 9.98. The number of hydrogen-bond acceptors (Lipinski definition) is 6. The minimum absolute atomic E-state index is 0.150. The molecule has 0 fully saturated rings. The summed E-state index contributed by atoms with van der Waals surface area (Å²) in [4.78, 5) is 29.1. The molecule has 0 saturated carbocycles. The van der Waals surface area contributed by atoms with Crippen molar-refractivity contribution in [3.63, 3.8) is 0 Å². The maximum Gasteiger partial charge on any atom is 0.343 e. The molecule has 0 atom stereocenters. The van der Waals surface area contributed by atoms with E-state index >= 15 is 0 Å². The van der Waals surface area contributed by atoms with E-state index in [1.165, 1.54) is 25.6 Å². The number of carbonyl (C=O) groups is 2. The first-order valence-electron chi connectivity index (χ1n) is 7.60. The highest BCUT2D eigenvalue weighted by Gasteiger charge is 2.18. The number of amides is 1. The smallest absolute Gasteiger partial charge is 0.343 e. The number of halogens is 1. The van der Waals surface area contributed by atoms with E-state index in [1.54, 1.807) is 24.3 Å². The number of esters is 1. The van der Waals surface area contributed by atoms with Crippen LogP contribution < -0.4 is 10.1 Å². The second kappa shape index (κ2) is 7.72. The summed E-state index contributed by atoms with van der Waals surface area (Å²) in [5.74, 6) is -0.576. The lowest BCUT2D eigenvalue weighted by Crippen LogP contribution is -2.22. The Labute approximate surface area is 158 Å². The van der Waals surface area contributed by atoms with Crippen molar-refractivity contribution in [1.29, 1.82) is 0 Å². The Balaban J connectivity index is 1.99. The van der Waals surface area contributed by atoms with Gasteiger partial charge in [0.2, 0.25) is 5.88 Å². The highest BCUT2D eigenvalue weighted by atomic mass is 35.5. The van der Waals surface area contributed by atoms with Crippen molar-refractivity contribution in [3.8, 4) is 5.88 Å². The van der Waals surface area contributed by atoms with Gasteiger partial charge in [0.25, 0.3) is 5.91 Å². The van der Waals surface area contributed by atoms with Crippen molar-refractivity contribution >= 4 is 45.7 Å². The first kappa shape index (κ1) is 18.2. The zero-order valence-corrected chi connectivity index (χ0v) is 15.6. The molecule has 0 radical (unpaired) electrons. The molecule has 2 heterocycles. The number of methoxy groups -OCH3 is 2. The molecule has 0 spiro atoms. The van der Waals surface area contributed by atoms with Crippen molar-refractivity contribution in [1.82, 2.24) is 10.3 Å². The molecule has 0 saturated heterocycles. The van der Waals surface area contributed by atoms with Crippen LogP contribution in [0.1, 0.15) is 25.6 Å². The molecule has 0 aliphatic rings. The van der Waals surface area contributed by atoms with Crippen LogP contribution in [0.5, 0.6) is 5.88 Å². The standard InChI is InChI=1S/C18H15ClN2O4S/c1-24-17-13(18(23)25-2)8-10-6-12(19)7-11(15(10)21-17)9-20-16(22)14-4-3-5-26-14/h3-8H,9H2,1-2H3,(H,20,22). The largest absolute Gasteiger partial charge is 0.480 e. The molecule has 0 aliphatic heterocycles. The van der Waals surface area contributed by atoms with Crippen molar-refractivity contribution in [2.24, 2.45) is 0 Å². The third-order valence-corrected chi connectivity index (χ3v) is 4.80. The Morgan fingerprint density at radius 3 is 2.73 bits per heavy atom. The van der Waals surface area contributed by atoms with Crippen molar-refractivity contribution < 1.29 is 19.1 Å². The topological polar surface area (TPSA) is 77.5 Å². The predicted octanol–water partition coefficient (Wildman–Crippen LogP) is 3.67. The highest BCUT2D eigenvalue weighted by molar-refractivity contribution is 7.12. The van der Waals surface area contributed by atoms with E-state index in [9.17, 15) is 9.59 Å². The molecule has 8 heteroatoms. The van der Waals surface area contributed by atoms with Crippen LogP contribution in [0.25, 0.3) is 10.9 Å². The van der Waals surface area contributed by atoms with Gasteiger partial charge in [0.15, 0.2) is 0 Å². The molecule has 1 aromatic carbocycles. The van der Waals surface area contributed by atoms with Crippen molar-refractivity contribution in [3.05, 3.63) is 56.7 Å².